The summed E-state index contributed by atoms with van der Waals surface area (Å²) in [7, 11) is 0. The summed E-state index contributed by atoms with van der Waals surface area (Å²) in [6.45, 7) is -0.180. The third-order valence-electron chi connectivity index (χ3n) is 5.33. The number of rotatable bonds is 7. The maximum absolute atomic E-state index is 13.6. The van der Waals surface area contributed by atoms with E-state index in [1.807, 2.05) is 0 Å². The van der Waals surface area contributed by atoms with Crippen molar-refractivity contribution >= 4 is 50.7 Å². The van der Waals surface area contributed by atoms with Crippen LogP contribution in [0.5, 0.6) is 5.75 Å². The summed E-state index contributed by atoms with van der Waals surface area (Å²) in [6.07, 6.45) is -2.13. The van der Waals surface area contributed by atoms with Crippen molar-refractivity contribution in [3.63, 3.8) is 0 Å². The number of carbonyl (C=O) groups is 2. The van der Waals surface area contributed by atoms with Crippen molar-refractivity contribution in [3.8, 4) is 17.1 Å². The summed E-state index contributed by atoms with van der Waals surface area (Å²) in [5.41, 5.74) is 4.23. The molecule has 0 saturated carbocycles. The van der Waals surface area contributed by atoms with Crippen molar-refractivity contribution in [3.05, 3.63) is 82.3 Å². The third kappa shape index (κ3) is 4.80. The molecule has 0 aliphatic heterocycles. The van der Waals surface area contributed by atoms with E-state index in [9.17, 15) is 22.8 Å². The van der Waals surface area contributed by atoms with E-state index >= 15 is 0 Å². The molecule has 0 radical (unpaired) electrons. The van der Waals surface area contributed by atoms with Crippen molar-refractivity contribution in [1.82, 2.24) is 14.8 Å². The number of halogens is 4. The number of nitrogens with zero attached hydrogens (tertiary/aromatic N) is 3. The van der Waals surface area contributed by atoms with Gasteiger partial charge in [-0.25, -0.2) is 9.67 Å². The lowest BCUT2D eigenvalue weighted by atomic mass is 10.1. The highest BCUT2D eigenvalue weighted by Crippen LogP contribution is 2.43. The average molecular weight is 562 g/mol. The predicted octanol–water partition coefficient (Wildman–Crippen LogP) is 5.81. The second-order valence-corrected chi connectivity index (χ2v) is 9.16. The number of benzene rings is 1. The minimum absolute atomic E-state index is 0.0260. The molecule has 9 nitrogen and oxygen atoms in total. The number of carbonyl (C=O) groups excluding carboxylic acids is 2. The van der Waals surface area contributed by atoms with Crippen LogP contribution in [0.25, 0.3) is 21.5 Å². The first-order valence-electron chi connectivity index (χ1n) is 10.7. The largest absolute Gasteiger partial charge is 0.470 e. The van der Waals surface area contributed by atoms with Crippen molar-refractivity contribution < 1.29 is 31.9 Å². The zero-order valence-electron chi connectivity index (χ0n) is 19.0. The number of fused-ring (bicyclic) bond motifs is 1. The Hall–Kier alpha value is -4.36. The SMILES string of the molecule is NC(=O)c1sc2nc(C(F)(F)F)cc(-c3ccco3)c2c1NC(=O)c1ccnn1COc1ccccc1Cl. The second-order valence-electron chi connectivity index (χ2n) is 7.75. The lowest BCUT2D eigenvalue weighted by molar-refractivity contribution is -0.140. The fourth-order valence-corrected chi connectivity index (χ4v) is 4.86. The Morgan fingerprint density at radius 2 is 1.97 bits per heavy atom. The molecule has 38 heavy (non-hydrogen) atoms. The maximum Gasteiger partial charge on any atom is 0.433 e. The molecule has 0 saturated heterocycles. The van der Waals surface area contributed by atoms with E-state index in [1.54, 1.807) is 24.3 Å². The Bertz CT molecular complexity index is 1660. The van der Waals surface area contributed by atoms with Crippen LogP contribution in [0.15, 0.2) is 65.4 Å². The van der Waals surface area contributed by atoms with Gasteiger partial charge in [0.2, 0.25) is 0 Å². The first-order chi connectivity index (χ1) is 18.1. The van der Waals surface area contributed by atoms with E-state index in [2.05, 4.69) is 15.4 Å². The molecule has 5 aromatic rings. The Kier molecular flexibility index (Phi) is 6.55. The van der Waals surface area contributed by atoms with Gasteiger partial charge in [-0.2, -0.15) is 18.3 Å². The van der Waals surface area contributed by atoms with Crippen LogP contribution in [0.3, 0.4) is 0 Å². The van der Waals surface area contributed by atoms with Gasteiger partial charge in [0.05, 0.1) is 17.0 Å². The number of nitrogens with two attached hydrogens (primary N) is 1. The zero-order valence-corrected chi connectivity index (χ0v) is 20.5. The quantitative estimate of drug-likeness (QED) is 0.258. The van der Waals surface area contributed by atoms with Crippen LogP contribution in [0.1, 0.15) is 25.9 Å². The number of amides is 2. The number of furan rings is 1. The number of thiophene rings is 1. The molecule has 14 heteroatoms. The molecule has 2 amide bonds. The number of alkyl halides is 3. The highest BCUT2D eigenvalue weighted by Gasteiger charge is 2.35. The first-order valence-corrected chi connectivity index (χ1v) is 11.9. The molecule has 3 N–H and O–H groups in total. The average Bonchev–Trinajstić information content (AvgIpc) is 3.63. The normalized spacial score (nSPS) is 11.6. The predicted molar refractivity (Wildman–Crippen MR) is 133 cm³/mol. The second kappa shape index (κ2) is 9.84. The van der Waals surface area contributed by atoms with Crippen LogP contribution in [-0.2, 0) is 12.9 Å². The molecular weight excluding hydrogens is 547 g/mol. The molecule has 4 heterocycles. The highest BCUT2D eigenvalue weighted by atomic mass is 35.5. The minimum atomic E-state index is -4.77. The van der Waals surface area contributed by atoms with Gasteiger partial charge in [-0.05, 0) is 36.4 Å². The summed E-state index contributed by atoms with van der Waals surface area (Å²) in [6, 6.07) is 11.9. The van der Waals surface area contributed by atoms with Gasteiger partial charge in [0.25, 0.3) is 11.8 Å². The van der Waals surface area contributed by atoms with Gasteiger partial charge >= 0.3 is 6.18 Å². The van der Waals surface area contributed by atoms with Gasteiger partial charge in [0, 0.05) is 17.1 Å². The molecule has 0 bridgehead atoms. The summed E-state index contributed by atoms with van der Waals surface area (Å²) >= 11 is 6.72. The van der Waals surface area contributed by atoms with Crippen LogP contribution in [0.2, 0.25) is 5.02 Å². The van der Waals surface area contributed by atoms with Gasteiger partial charge < -0.3 is 20.2 Å². The van der Waals surface area contributed by atoms with Crippen LogP contribution in [0, 0.1) is 0 Å². The van der Waals surface area contributed by atoms with Crippen molar-refractivity contribution in [1.29, 1.82) is 0 Å². The van der Waals surface area contributed by atoms with E-state index in [4.69, 9.17) is 26.5 Å². The van der Waals surface area contributed by atoms with E-state index in [0.717, 1.165) is 6.07 Å². The monoisotopic (exact) mass is 561 g/mol. The molecule has 5 rings (SSSR count). The fraction of sp³-hybridized carbons (Fsp3) is 0.0833. The van der Waals surface area contributed by atoms with Crippen molar-refractivity contribution in [2.75, 3.05) is 5.32 Å². The number of anilines is 1. The molecular formula is C24H15ClF3N5O4S. The highest BCUT2D eigenvalue weighted by molar-refractivity contribution is 7.21. The van der Waals surface area contributed by atoms with Crippen molar-refractivity contribution in [2.45, 2.75) is 12.9 Å². The Labute approximate surface area is 220 Å². The maximum atomic E-state index is 13.6. The third-order valence-corrected chi connectivity index (χ3v) is 6.74. The van der Waals surface area contributed by atoms with Crippen molar-refractivity contribution in [2.24, 2.45) is 5.73 Å². The molecule has 0 unspecified atom stereocenters. The van der Waals surface area contributed by atoms with Gasteiger partial charge in [-0.1, -0.05) is 23.7 Å². The molecule has 0 fully saturated rings. The number of hydrogen-bond donors (Lipinski definition) is 2. The number of para-hydroxylation sites is 1. The number of hydrogen-bond acceptors (Lipinski definition) is 7. The zero-order chi connectivity index (χ0) is 27.0. The van der Waals surface area contributed by atoms with E-state index in [-0.39, 0.29) is 44.5 Å². The van der Waals surface area contributed by atoms with Gasteiger partial charge in [0.15, 0.2) is 6.73 Å². The lowest BCUT2D eigenvalue weighted by Gasteiger charge is -2.12. The Morgan fingerprint density at radius 1 is 1.18 bits per heavy atom. The number of primary amides is 1. The number of ether oxygens (including phenoxy) is 1. The van der Waals surface area contributed by atoms with Crippen LogP contribution >= 0.6 is 22.9 Å². The summed E-state index contributed by atoms with van der Waals surface area (Å²) in [5, 5.41) is 7.09. The van der Waals surface area contributed by atoms with E-state index in [0.29, 0.717) is 22.1 Å². The smallest absolute Gasteiger partial charge is 0.433 e. The van der Waals surface area contributed by atoms with E-state index < -0.39 is 23.7 Å². The molecule has 4 aromatic heterocycles. The topological polar surface area (TPSA) is 125 Å². The molecule has 0 aliphatic rings. The van der Waals surface area contributed by atoms with Crippen LogP contribution in [0.4, 0.5) is 18.9 Å². The molecule has 0 spiro atoms. The van der Waals surface area contributed by atoms with Gasteiger partial charge in [-0.3, -0.25) is 9.59 Å². The number of aromatic nitrogens is 3. The lowest BCUT2D eigenvalue weighted by Crippen LogP contribution is -2.21. The van der Waals surface area contributed by atoms with Crippen LogP contribution < -0.4 is 15.8 Å². The molecule has 1 aromatic carbocycles. The molecule has 0 atom stereocenters. The standard InChI is InChI=1S/C24H15ClF3N5O4S/c25-13-4-1-2-5-16(13)37-11-33-14(7-8-30-33)22(35)32-19-18-12(15-6-3-9-36-15)10-17(24(26,27)28)31-23(18)38-20(19)21(29)34/h1-10H,11H2,(H2,29,34)(H,32,35). The Balaban J connectivity index is 1.55. The minimum Gasteiger partial charge on any atom is -0.470 e. The van der Waals surface area contributed by atoms with E-state index in [1.165, 1.54) is 35.3 Å². The summed E-state index contributed by atoms with van der Waals surface area (Å²) < 4.78 is 53.0. The van der Waals surface area contributed by atoms with Gasteiger partial charge in [-0.15, -0.1) is 11.3 Å². The molecule has 0 aliphatic carbocycles. The Morgan fingerprint density at radius 3 is 2.66 bits per heavy atom. The number of nitrogens with one attached hydrogen (secondary N) is 1. The summed E-state index contributed by atoms with van der Waals surface area (Å²) in [5.74, 6) is -1.24. The fourth-order valence-electron chi connectivity index (χ4n) is 3.66. The summed E-state index contributed by atoms with van der Waals surface area (Å²) in [4.78, 5) is 28.9. The first kappa shape index (κ1) is 25.3. The van der Waals surface area contributed by atoms with Crippen LogP contribution in [-0.4, -0.2) is 26.6 Å². The molecule has 194 valence electrons. The number of pyridine rings is 1. The van der Waals surface area contributed by atoms with Gasteiger partial charge in [0.1, 0.15) is 32.6 Å².